The molecule has 4 fully saturated rings. The lowest BCUT2D eigenvalue weighted by molar-refractivity contribution is -0.148. The van der Waals surface area contributed by atoms with Crippen LogP contribution in [0.3, 0.4) is 0 Å². The predicted molar refractivity (Wildman–Crippen MR) is 110 cm³/mol. The molecule has 1 saturated carbocycles. The van der Waals surface area contributed by atoms with Gasteiger partial charge in [-0.05, 0) is 64.3 Å². The fourth-order valence-electron chi connectivity index (χ4n) is 6.14. The average molecular weight is 427 g/mol. The normalized spacial score (nSPS) is 35.8. The van der Waals surface area contributed by atoms with Gasteiger partial charge in [-0.1, -0.05) is 6.92 Å². The summed E-state index contributed by atoms with van der Waals surface area (Å²) in [7, 11) is 1.88. The van der Waals surface area contributed by atoms with Crippen LogP contribution in [0.1, 0.15) is 64.7 Å². The van der Waals surface area contributed by atoms with Crippen LogP contribution < -0.4 is 5.73 Å². The lowest BCUT2D eigenvalue weighted by Gasteiger charge is -2.40. The number of amides is 2. The molecular formula is C22H36F2N4O2. The number of rotatable bonds is 5. The number of likely N-dealkylation sites (tertiary alicyclic amines) is 1. The first-order valence-electron chi connectivity index (χ1n) is 11.6. The number of hydrogen-bond donors (Lipinski definition) is 1. The van der Waals surface area contributed by atoms with Gasteiger partial charge in [0.25, 0.3) is 0 Å². The van der Waals surface area contributed by atoms with Gasteiger partial charge in [0.2, 0.25) is 18.2 Å². The summed E-state index contributed by atoms with van der Waals surface area (Å²) in [5, 5.41) is 0. The molecule has 0 aromatic heterocycles. The summed E-state index contributed by atoms with van der Waals surface area (Å²) < 4.78 is 25.4. The fraction of sp³-hybridized carbons (Fsp3) is 0.909. The van der Waals surface area contributed by atoms with Crippen LogP contribution in [0.4, 0.5) is 8.78 Å². The van der Waals surface area contributed by atoms with Crippen molar-refractivity contribution >= 4 is 11.8 Å². The summed E-state index contributed by atoms with van der Waals surface area (Å²) in [4.78, 5) is 32.5. The van der Waals surface area contributed by atoms with Gasteiger partial charge in [-0.2, -0.15) is 0 Å². The number of carbonyl (C=O) groups excluding carboxylic acids is 2. The van der Waals surface area contributed by atoms with Crippen molar-refractivity contribution in [2.24, 2.45) is 11.7 Å². The van der Waals surface area contributed by atoms with Crippen molar-refractivity contribution in [1.82, 2.24) is 14.7 Å². The zero-order chi connectivity index (χ0) is 21.6. The predicted octanol–water partition coefficient (Wildman–Crippen LogP) is 2.21. The number of fused-ring (bicyclic) bond motifs is 1. The van der Waals surface area contributed by atoms with E-state index in [4.69, 9.17) is 5.73 Å². The molecule has 1 aliphatic carbocycles. The van der Waals surface area contributed by atoms with E-state index in [9.17, 15) is 18.4 Å². The van der Waals surface area contributed by atoms with E-state index in [-0.39, 0.29) is 35.9 Å². The standard InChI is InChI=1S/C22H36F2N4O2/c1-14-12-22(8-9-22)27(13-14)21(30)18-6-4-16-11-15(26(2)10-7-19(23)24)3-5-17(25)20(29)28(16)18/h14-19H,3-13,25H2,1-2H3/t14-,15+,16-,17+,18+/m1/s1. The van der Waals surface area contributed by atoms with Crippen molar-refractivity contribution in [2.75, 3.05) is 20.1 Å². The highest BCUT2D eigenvalue weighted by molar-refractivity contribution is 5.91. The number of hydrogen-bond acceptors (Lipinski definition) is 4. The van der Waals surface area contributed by atoms with Gasteiger partial charge in [-0.3, -0.25) is 9.59 Å². The Labute approximate surface area is 178 Å². The quantitative estimate of drug-likeness (QED) is 0.732. The van der Waals surface area contributed by atoms with Gasteiger partial charge < -0.3 is 20.4 Å². The minimum absolute atomic E-state index is 0.0352. The molecule has 0 bridgehead atoms. The van der Waals surface area contributed by atoms with Crippen molar-refractivity contribution in [3.8, 4) is 0 Å². The van der Waals surface area contributed by atoms with E-state index in [1.54, 1.807) is 4.90 Å². The SMILES string of the molecule is C[C@H]1CN(C(=O)[C@@H]2CC[C@@H]3C[C@@H](N(C)CCC(F)F)CC[C@H](N)C(=O)N32)C2(CC2)C1. The van der Waals surface area contributed by atoms with Crippen molar-refractivity contribution < 1.29 is 18.4 Å². The van der Waals surface area contributed by atoms with E-state index in [2.05, 4.69) is 11.8 Å². The molecule has 0 radical (unpaired) electrons. The third kappa shape index (κ3) is 4.09. The Morgan fingerprint density at radius 1 is 1.27 bits per heavy atom. The van der Waals surface area contributed by atoms with Crippen molar-refractivity contribution in [1.29, 1.82) is 0 Å². The Morgan fingerprint density at radius 2 is 2.00 bits per heavy atom. The molecule has 30 heavy (non-hydrogen) atoms. The largest absolute Gasteiger partial charge is 0.335 e. The summed E-state index contributed by atoms with van der Waals surface area (Å²) in [6.07, 6.45) is 4.19. The topological polar surface area (TPSA) is 69.9 Å². The first-order valence-corrected chi connectivity index (χ1v) is 11.6. The summed E-state index contributed by atoms with van der Waals surface area (Å²) in [6, 6.07) is -0.973. The molecule has 1 spiro atoms. The molecule has 0 aromatic rings. The summed E-state index contributed by atoms with van der Waals surface area (Å²) >= 11 is 0. The molecule has 2 N–H and O–H groups in total. The first kappa shape index (κ1) is 21.9. The van der Waals surface area contributed by atoms with E-state index < -0.39 is 18.5 Å². The van der Waals surface area contributed by atoms with Crippen LogP contribution in [0.2, 0.25) is 0 Å². The number of halogens is 2. The van der Waals surface area contributed by atoms with Gasteiger partial charge in [0.15, 0.2) is 0 Å². The number of carbonyl (C=O) groups is 2. The molecule has 3 saturated heterocycles. The zero-order valence-electron chi connectivity index (χ0n) is 18.2. The second-order valence-corrected chi connectivity index (χ2v) is 10.2. The van der Waals surface area contributed by atoms with E-state index in [0.717, 1.165) is 45.1 Å². The first-order chi connectivity index (χ1) is 14.2. The lowest BCUT2D eigenvalue weighted by atomic mass is 9.94. The maximum absolute atomic E-state index is 13.5. The second kappa shape index (κ2) is 8.34. The molecule has 3 aliphatic heterocycles. The number of nitrogens with two attached hydrogens (primary N) is 1. The van der Waals surface area contributed by atoms with Crippen LogP contribution in [0.5, 0.6) is 0 Å². The molecule has 0 aromatic carbocycles. The molecule has 3 heterocycles. The molecule has 0 unspecified atom stereocenters. The maximum atomic E-state index is 13.5. The van der Waals surface area contributed by atoms with Crippen LogP contribution in [-0.2, 0) is 9.59 Å². The van der Waals surface area contributed by atoms with Gasteiger partial charge in [0, 0.05) is 37.1 Å². The average Bonchev–Trinajstić information content (AvgIpc) is 3.21. The minimum atomic E-state index is -2.31. The molecule has 5 atom stereocenters. The van der Waals surface area contributed by atoms with E-state index in [1.165, 1.54) is 0 Å². The lowest BCUT2D eigenvalue weighted by Crippen LogP contribution is -2.57. The molecule has 6 nitrogen and oxygen atoms in total. The Bertz CT molecular complexity index is 672. The van der Waals surface area contributed by atoms with Gasteiger partial charge in [0.05, 0.1) is 6.04 Å². The molecule has 4 rings (SSSR count). The monoisotopic (exact) mass is 426 g/mol. The third-order valence-corrected chi connectivity index (χ3v) is 7.93. The summed E-state index contributed by atoms with van der Waals surface area (Å²) in [5.41, 5.74) is 6.28. The molecular weight excluding hydrogens is 390 g/mol. The Hall–Kier alpha value is -1.28. The Balaban J connectivity index is 1.49. The smallest absolute Gasteiger partial charge is 0.245 e. The third-order valence-electron chi connectivity index (χ3n) is 7.93. The number of nitrogens with zero attached hydrogens (tertiary/aromatic N) is 3. The van der Waals surface area contributed by atoms with Gasteiger partial charge in [-0.25, -0.2) is 8.78 Å². The molecule has 4 aliphatic rings. The van der Waals surface area contributed by atoms with Gasteiger partial charge >= 0.3 is 0 Å². The zero-order valence-corrected chi connectivity index (χ0v) is 18.2. The minimum Gasteiger partial charge on any atom is -0.335 e. The van der Waals surface area contributed by atoms with Gasteiger partial charge in [-0.15, -0.1) is 0 Å². The number of alkyl halides is 2. The highest BCUT2D eigenvalue weighted by atomic mass is 19.3. The van der Waals surface area contributed by atoms with Crippen LogP contribution in [-0.4, -0.2) is 82.8 Å². The van der Waals surface area contributed by atoms with Gasteiger partial charge in [0.1, 0.15) is 6.04 Å². The maximum Gasteiger partial charge on any atom is 0.245 e. The molecule has 170 valence electrons. The van der Waals surface area contributed by atoms with Crippen molar-refractivity contribution in [3.05, 3.63) is 0 Å². The summed E-state index contributed by atoms with van der Waals surface area (Å²) in [5.74, 6) is 0.497. The van der Waals surface area contributed by atoms with E-state index in [1.807, 2.05) is 11.9 Å². The Morgan fingerprint density at radius 3 is 2.67 bits per heavy atom. The van der Waals surface area contributed by atoms with E-state index in [0.29, 0.717) is 25.3 Å². The Kier molecular flexibility index (Phi) is 6.10. The van der Waals surface area contributed by atoms with Crippen LogP contribution in [0, 0.1) is 5.92 Å². The molecule has 8 heteroatoms. The fourth-order valence-corrected chi connectivity index (χ4v) is 6.14. The highest BCUT2D eigenvalue weighted by Gasteiger charge is 2.57. The molecule has 2 amide bonds. The van der Waals surface area contributed by atoms with Crippen molar-refractivity contribution in [3.63, 3.8) is 0 Å². The van der Waals surface area contributed by atoms with Crippen molar-refractivity contribution in [2.45, 2.75) is 101 Å². The highest BCUT2D eigenvalue weighted by Crippen LogP contribution is 2.52. The second-order valence-electron chi connectivity index (χ2n) is 10.2. The summed E-state index contributed by atoms with van der Waals surface area (Å²) in [6.45, 7) is 3.31. The van der Waals surface area contributed by atoms with E-state index >= 15 is 0 Å². The van der Waals surface area contributed by atoms with Crippen LogP contribution in [0.25, 0.3) is 0 Å². The van der Waals surface area contributed by atoms with Crippen LogP contribution >= 0.6 is 0 Å². The van der Waals surface area contributed by atoms with Crippen LogP contribution in [0.15, 0.2) is 0 Å².